The minimum absolute atomic E-state index is 0.0364. The Labute approximate surface area is 103 Å². The number of hydrogen-bond donors (Lipinski definition) is 2. The van der Waals surface area contributed by atoms with E-state index >= 15 is 0 Å². The first-order chi connectivity index (χ1) is 8.15. The standard InChI is InChI=1S/C13H23NO3/c1-10-4-2-6-13(8-10,9-15)14-12(16)11-5-3-7-17-11/h10-11,15H,2-9H2,1H3,(H,14,16)/t10?,11-,13?/m1/s1. The Kier molecular flexibility index (Phi) is 4.05. The third kappa shape index (κ3) is 2.99. The van der Waals surface area contributed by atoms with Crippen molar-refractivity contribution >= 4 is 5.91 Å². The molecule has 2 fully saturated rings. The summed E-state index contributed by atoms with van der Waals surface area (Å²) in [5.74, 6) is 0.534. The molecule has 17 heavy (non-hydrogen) atoms. The van der Waals surface area contributed by atoms with Crippen molar-refractivity contribution in [2.24, 2.45) is 5.92 Å². The summed E-state index contributed by atoms with van der Waals surface area (Å²) < 4.78 is 5.38. The van der Waals surface area contributed by atoms with Gasteiger partial charge in [-0.05, 0) is 31.6 Å². The van der Waals surface area contributed by atoms with Crippen LogP contribution >= 0.6 is 0 Å². The second-order valence-electron chi connectivity index (χ2n) is 5.63. The number of hydrogen-bond acceptors (Lipinski definition) is 3. The summed E-state index contributed by atoms with van der Waals surface area (Å²) in [5.41, 5.74) is -0.402. The normalized spacial score (nSPS) is 38.0. The average Bonchev–Trinajstić information content (AvgIpc) is 2.82. The number of amides is 1. The summed E-state index contributed by atoms with van der Waals surface area (Å²) in [4.78, 5) is 12.0. The zero-order valence-electron chi connectivity index (χ0n) is 10.6. The Bertz CT molecular complexity index is 276. The van der Waals surface area contributed by atoms with Gasteiger partial charge in [-0.2, -0.15) is 0 Å². The van der Waals surface area contributed by atoms with Gasteiger partial charge >= 0.3 is 0 Å². The Morgan fingerprint density at radius 3 is 2.88 bits per heavy atom. The van der Waals surface area contributed by atoms with Gasteiger partial charge in [0.05, 0.1) is 12.1 Å². The van der Waals surface area contributed by atoms with E-state index in [0.29, 0.717) is 12.5 Å². The Morgan fingerprint density at radius 1 is 1.47 bits per heavy atom. The highest BCUT2D eigenvalue weighted by molar-refractivity contribution is 5.81. The number of aliphatic hydroxyl groups is 1. The van der Waals surface area contributed by atoms with E-state index < -0.39 is 5.54 Å². The lowest BCUT2D eigenvalue weighted by atomic mass is 9.76. The predicted octanol–water partition coefficient (Wildman–Crippen LogP) is 1.22. The highest BCUT2D eigenvalue weighted by atomic mass is 16.5. The van der Waals surface area contributed by atoms with E-state index in [1.165, 1.54) is 6.42 Å². The van der Waals surface area contributed by atoms with Crippen molar-refractivity contribution in [2.75, 3.05) is 13.2 Å². The SMILES string of the molecule is CC1CCCC(CO)(NC(=O)[C@H]2CCCO2)C1. The monoisotopic (exact) mass is 241 g/mol. The number of rotatable bonds is 3. The number of aliphatic hydroxyl groups excluding tert-OH is 1. The van der Waals surface area contributed by atoms with Crippen molar-refractivity contribution < 1.29 is 14.6 Å². The van der Waals surface area contributed by atoms with Gasteiger partial charge < -0.3 is 15.2 Å². The molecule has 0 spiro atoms. The zero-order valence-corrected chi connectivity index (χ0v) is 10.6. The molecule has 1 aliphatic carbocycles. The van der Waals surface area contributed by atoms with E-state index in [1.54, 1.807) is 0 Å². The van der Waals surface area contributed by atoms with Crippen LogP contribution in [0.4, 0.5) is 0 Å². The van der Waals surface area contributed by atoms with Gasteiger partial charge in [-0.3, -0.25) is 4.79 Å². The van der Waals surface area contributed by atoms with Crippen molar-refractivity contribution in [3.8, 4) is 0 Å². The summed E-state index contributed by atoms with van der Waals surface area (Å²) in [7, 11) is 0. The van der Waals surface area contributed by atoms with Crippen molar-refractivity contribution in [1.29, 1.82) is 0 Å². The molecule has 1 aliphatic heterocycles. The molecule has 4 nitrogen and oxygen atoms in total. The van der Waals surface area contributed by atoms with E-state index in [9.17, 15) is 9.90 Å². The van der Waals surface area contributed by atoms with E-state index in [-0.39, 0.29) is 18.6 Å². The number of carbonyl (C=O) groups excluding carboxylic acids is 1. The van der Waals surface area contributed by atoms with Gasteiger partial charge in [-0.1, -0.05) is 19.8 Å². The first-order valence-electron chi connectivity index (χ1n) is 6.70. The molecular formula is C13H23NO3. The first-order valence-corrected chi connectivity index (χ1v) is 6.70. The molecule has 98 valence electrons. The quantitative estimate of drug-likeness (QED) is 0.781. The molecule has 0 aromatic carbocycles. The van der Waals surface area contributed by atoms with Gasteiger partial charge in [0.2, 0.25) is 5.91 Å². The minimum atomic E-state index is -0.402. The van der Waals surface area contributed by atoms with Crippen LogP contribution in [0.5, 0.6) is 0 Å². The van der Waals surface area contributed by atoms with Crippen LogP contribution in [0.3, 0.4) is 0 Å². The molecule has 2 aliphatic rings. The lowest BCUT2D eigenvalue weighted by Gasteiger charge is -2.39. The molecule has 3 atom stereocenters. The van der Waals surface area contributed by atoms with Crippen LogP contribution in [0.25, 0.3) is 0 Å². The molecule has 0 aromatic heterocycles. The molecule has 2 N–H and O–H groups in total. The third-order valence-corrected chi connectivity index (χ3v) is 4.00. The smallest absolute Gasteiger partial charge is 0.249 e. The van der Waals surface area contributed by atoms with Crippen LogP contribution in [0.15, 0.2) is 0 Å². The molecule has 2 unspecified atom stereocenters. The first kappa shape index (κ1) is 12.8. The highest BCUT2D eigenvalue weighted by Gasteiger charge is 2.37. The van der Waals surface area contributed by atoms with Gasteiger partial charge in [0, 0.05) is 6.61 Å². The maximum atomic E-state index is 12.0. The molecule has 1 amide bonds. The Balaban J connectivity index is 1.95. The molecule has 2 rings (SSSR count). The van der Waals surface area contributed by atoms with Crippen LogP contribution in [0.2, 0.25) is 0 Å². The van der Waals surface area contributed by atoms with Gasteiger partial charge in [0.15, 0.2) is 0 Å². The highest BCUT2D eigenvalue weighted by Crippen LogP contribution is 2.32. The largest absolute Gasteiger partial charge is 0.394 e. The Morgan fingerprint density at radius 2 is 2.29 bits per heavy atom. The molecule has 0 radical (unpaired) electrons. The molecule has 1 heterocycles. The maximum absolute atomic E-state index is 12.0. The zero-order chi connectivity index (χ0) is 12.3. The number of ether oxygens (including phenoxy) is 1. The second-order valence-corrected chi connectivity index (χ2v) is 5.63. The van der Waals surface area contributed by atoms with Crippen molar-refractivity contribution in [3.63, 3.8) is 0 Å². The molecular weight excluding hydrogens is 218 g/mol. The summed E-state index contributed by atoms with van der Waals surface area (Å²) >= 11 is 0. The minimum Gasteiger partial charge on any atom is -0.394 e. The molecule has 1 saturated heterocycles. The van der Waals surface area contributed by atoms with Crippen LogP contribution < -0.4 is 5.32 Å². The summed E-state index contributed by atoms with van der Waals surface area (Å²) in [5, 5.41) is 12.6. The van der Waals surface area contributed by atoms with Crippen molar-refractivity contribution in [1.82, 2.24) is 5.32 Å². The summed E-state index contributed by atoms with van der Waals surface area (Å²) in [6.07, 6.45) is 5.50. The molecule has 4 heteroatoms. The third-order valence-electron chi connectivity index (χ3n) is 4.00. The lowest BCUT2D eigenvalue weighted by molar-refractivity contribution is -0.133. The molecule has 1 saturated carbocycles. The van der Waals surface area contributed by atoms with Crippen LogP contribution in [0, 0.1) is 5.92 Å². The molecule has 0 bridgehead atoms. The average molecular weight is 241 g/mol. The fraction of sp³-hybridized carbons (Fsp3) is 0.923. The predicted molar refractivity (Wildman–Crippen MR) is 64.6 cm³/mol. The lowest BCUT2D eigenvalue weighted by Crippen LogP contribution is -2.56. The Hall–Kier alpha value is -0.610. The summed E-state index contributed by atoms with van der Waals surface area (Å²) in [6.45, 7) is 2.90. The van der Waals surface area contributed by atoms with E-state index in [2.05, 4.69) is 12.2 Å². The molecule has 0 aromatic rings. The fourth-order valence-electron chi connectivity index (χ4n) is 3.08. The van der Waals surface area contributed by atoms with Crippen LogP contribution in [-0.2, 0) is 9.53 Å². The van der Waals surface area contributed by atoms with E-state index in [0.717, 1.165) is 32.1 Å². The van der Waals surface area contributed by atoms with Crippen LogP contribution in [-0.4, -0.2) is 35.9 Å². The van der Waals surface area contributed by atoms with Crippen LogP contribution in [0.1, 0.15) is 45.4 Å². The van der Waals surface area contributed by atoms with Gasteiger partial charge in [0.1, 0.15) is 6.10 Å². The van der Waals surface area contributed by atoms with Gasteiger partial charge in [-0.25, -0.2) is 0 Å². The number of nitrogens with one attached hydrogen (secondary N) is 1. The fourth-order valence-corrected chi connectivity index (χ4v) is 3.08. The van der Waals surface area contributed by atoms with Gasteiger partial charge in [-0.15, -0.1) is 0 Å². The van der Waals surface area contributed by atoms with E-state index in [4.69, 9.17) is 4.74 Å². The summed E-state index contributed by atoms with van der Waals surface area (Å²) in [6, 6.07) is 0. The van der Waals surface area contributed by atoms with Gasteiger partial charge in [0.25, 0.3) is 0 Å². The van der Waals surface area contributed by atoms with E-state index in [1.807, 2.05) is 0 Å². The number of carbonyl (C=O) groups is 1. The van der Waals surface area contributed by atoms with Crippen molar-refractivity contribution in [3.05, 3.63) is 0 Å². The maximum Gasteiger partial charge on any atom is 0.249 e. The topological polar surface area (TPSA) is 58.6 Å². The second kappa shape index (κ2) is 5.36. The van der Waals surface area contributed by atoms with Crippen molar-refractivity contribution in [2.45, 2.75) is 57.1 Å².